The zero-order chi connectivity index (χ0) is 21.2. The molecule has 0 spiro atoms. The number of carbonyl (C=O) groups excluding carboxylic acids is 2. The number of benzene rings is 2. The molecule has 1 N–H and O–H groups in total. The second-order valence-electron chi connectivity index (χ2n) is 5.10. The number of amides is 2. The Morgan fingerprint density at radius 2 is 1.04 bits per heavy atom. The summed E-state index contributed by atoms with van der Waals surface area (Å²) in [5.41, 5.74) is -2.54. The van der Waals surface area contributed by atoms with E-state index in [1.54, 1.807) is 0 Å². The number of anilines is 2. The van der Waals surface area contributed by atoms with Crippen molar-refractivity contribution >= 4 is 51.3 Å². The van der Waals surface area contributed by atoms with E-state index in [4.69, 9.17) is 23.2 Å². The van der Waals surface area contributed by atoms with E-state index in [-0.39, 0.29) is 9.80 Å². The molecule has 0 saturated heterocycles. The van der Waals surface area contributed by atoms with E-state index in [2.05, 4.69) is 0 Å². The Bertz CT molecular complexity index is 850. The quantitative estimate of drug-likeness (QED) is 0.318. The van der Waals surface area contributed by atoms with Crippen molar-refractivity contribution in [2.75, 3.05) is 9.80 Å². The van der Waals surface area contributed by atoms with Crippen LogP contribution in [0.3, 0.4) is 0 Å². The van der Waals surface area contributed by atoms with Crippen LogP contribution in [0.1, 0.15) is 0 Å². The van der Waals surface area contributed by atoms with Crippen LogP contribution in [0, 0.1) is 23.3 Å². The lowest BCUT2D eigenvalue weighted by molar-refractivity contribution is -0.138. The van der Waals surface area contributed by atoms with Gasteiger partial charge in [-0.05, 0) is 47.5 Å². The van der Waals surface area contributed by atoms with Crippen LogP contribution in [-0.4, -0.2) is 28.0 Å². The summed E-state index contributed by atoms with van der Waals surface area (Å²) >= 11 is 10.6. The molecule has 0 aliphatic carbocycles. The van der Waals surface area contributed by atoms with E-state index in [1.807, 2.05) is 0 Å². The fourth-order valence-electron chi connectivity index (χ4n) is 2.39. The first-order valence-corrected chi connectivity index (χ1v) is 7.91. The molecule has 148 valence electrons. The van der Waals surface area contributed by atoms with Gasteiger partial charge in [0.1, 0.15) is 34.6 Å². The van der Waals surface area contributed by atoms with Crippen LogP contribution < -0.4 is 9.80 Å². The van der Waals surface area contributed by atoms with Gasteiger partial charge in [-0.1, -0.05) is 12.1 Å². The number of rotatable bonds is 5. The first-order chi connectivity index (χ1) is 13.1. The van der Waals surface area contributed by atoms with Gasteiger partial charge in [-0.25, -0.2) is 22.4 Å². The minimum atomic E-state index is -2.73. The molecule has 0 radical (unpaired) electrons. The Labute approximate surface area is 164 Å². The van der Waals surface area contributed by atoms with Crippen molar-refractivity contribution in [2.45, 2.75) is 6.17 Å². The van der Waals surface area contributed by atoms with Crippen molar-refractivity contribution < 1.29 is 37.1 Å². The fraction of sp³-hybridized carbons (Fsp3) is 0.0625. The SMILES string of the molecule is O=C(O)C(N(C(=O)Cl)c1c(F)cccc1F)N(C(=O)Cl)c1c(F)cccc1F. The van der Waals surface area contributed by atoms with Gasteiger partial charge in [-0.15, -0.1) is 0 Å². The molecular weight excluding hydrogens is 431 g/mol. The Kier molecular flexibility index (Phi) is 6.47. The van der Waals surface area contributed by atoms with Crippen LogP contribution in [0.2, 0.25) is 0 Å². The smallest absolute Gasteiger partial charge is 0.348 e. The molecule has 0 aromatic heterocycles. The van der Waals surface area contributed by atoms with Crippen LogP contribution in [0.15, 0.2) is 36.4 Å². The molecule has 2 rings (SSSR count). The van der Waals surface area contributed by atoms with Crippen molar-refractivity contribution in [1.82, 2.24) is 0 Å². The van der Waals surface area contributed by atoms with Crippen molar-refractivity contribution in [3.63, 3.8) is 0 Å². The van der Waals surface area contributed by atoms with Gasteiger partial charge >= 0.3 is 16.7 Å². The lowest BCUT2D eigenvalue weighted by Gasteiger charge is -2.34. The molecule has 2 aromatic carbocycles. The maximum atomic E-state index is 14.1. The molecule has 12 heteroatoms. The molecule has 0 bridgehead atoms. The topological polar surface area (TPSA) is 77.9 Å². The normalized spacial score (nSPS) is 10.7. The van der Waals surface area contributed by atoms with E-state index >= 15 is 0 Å². The first-order valence-electron chi connectivity index (χ1n) is 7.16. The van der Waals surface area contributed by atoms with E-state index in [9.17, 15) is 37.1 Å². The third-order valence-electron chi connectivity index (χ3n) is 3.45. The number of hydrogen-bond donors (Lipinski definition) is 1. The Morgan fingerprint density at radius 1 is 0.750 bits per heavy atom. The molecule has 0 heterocycles. The van der Waals surface area contributed by atoms with Gasteiger partial charge in [0.15, 0.2) is 0 Å². The van der Waals surface area contributed by atoms with Crippen LogP contribution in [0.5, 0.6) is 0 Å². The first kappa shape index (κ1) is 21.5. The molecule has 0 unspecified atom stereocenters. The standard InChI is InChI=1S/C16H8Cl2F4N2O4/c17-15(27)23(11-7(19)3-1-4-8(11)20)13(14(25)26)24(16(18)28)12-9(21)5-2-6-10(12)22/h1-6,13H,(H,25,26). The van der Waals surface area contributed by atoms with Gasteiger partial charge in [0.25, 0.3) is 0 Å². The molecule has 28 heavy (non-hydrogen) atoms. The third kappa shape index (κ3) is 4.02. The van der Waals surface area contributed by atoms with Crippen LogP contribution in [0.4, 0.5) is 38.5 Å². The summed E-state index contributed by atoms with van der Waals surface area (Å²) < 4.78 is 56.6. The third-order valence-corrected chi connectivity index (χ3v) is 3.81. The number of carboxylic acids is 1. The highest BCUT2D eigenvalue weighted by molar-refractivity contribution is 6.68. The van der Waals surface area contributed by atoms with Gasteiger partial charge in [-0.3, -0.25) is 19.4 Å². The highest BCUT2D eigenvalue weighted by atomic mass is 35.5. The predicted molar refractivity (Wildman–Crippen MR) is 91.6 cm³/mol. The van der Waals surface area contributed by atoms with E-state index in [1.165, 1.54) is 0 Å². The summed E-state index contributed by atoms with van der Waals surface area (Å²) in [6, 6.07) is 4.48. The lowest BCUT2D eigenvalue weighted by Crippen LogP contribution is -2.56. The molecule has 2 amide bonds. The predicted octanol–water partition coefficient (Wildman–Crippen LogP) is 4.68. The Balaban J connectivity index is 2.80. The summed E-state index contributed by atoms with van der Waals surface area (Å²) in [4.78, 5) is 35.1. The van der Waals surface area contributed by atoms with Gasteiger partial charge in [0.2, 0.25) is 6.17 Å². The molecule has 0 saturated carbocycles. The maximum absolute atomic E-state index is 14.1. The molecule has 0 aliphatic heterocycles. The highest BCUT2D eigenvalue weighted by Gasteiger charge is 2.43. The summed E-state index contributed by atoms with van der Waals surface area (Å²) in [6.45, 7) is 0. The fourth-order valence-corrected chi connectivity index (χ4v) is 2.74. The van der Waals surface area contributed by atoms with Crippen LogP contribution in [0.25, 0.3) is 0 Å². The molecule has 0 fully saturated rings. The second kappa shape index (κ2) is 8.44. The van der Waals surface area contributed by atoms with Gasteiger partial charge in [-0.2, -0.15) is 0 Å². The number of aliphatic carboxylic acids is 1. The van der Waals surface area contributed by atoms with E-state index in [0.717, 1.165) is 12.1 Å². The molecule has 0 atom stereocenters. The number of para-hydroxylation sites is 2. The largest absolute Gasteiger partial charge is 0.478 e. The summed E-state index contributed by atoms with van der Waals surface area (Å²) in [6.07, 6.45) is -2.73. The zero-order valence-corrected chi connectivity index (χ0v) is 14.9. The number of halogens is 6. The molecule has 6 nitrogen and oxygen atoms in total. The minimum Gasteiger partial charge on any atom is -0.478 e. The van der Waals surface area contributed by atoms with E-state index in [0.29, 0.717) is 24.3 Å². The highest BCUT2D eigenvalue weighted by Crippen LogP contribution is 2.33. The minimum absolute atomic E-state index is 0.208. The lowest BCUT2D eigenvalue weighted by atomic mass is 10.2. The molecule has 0 aliphatic rings. The molecular formula is C16H8Cl2F4N2O4. The summed E-state index contributed by atoms with van der Waals surface area (Å²) in [7, 11) is 0. The van der Waals surface area contributed by atoms with Gasteiger partial charge in [0, 0.05) is 0 Å². The zero-order valence-electron chi connectivity index (χ0n) is 13.4. The summed E-state index contributed by atoms with van der Waals surface area (Å²) in [5, 5.41) is 5.97. The Morgan fingerprint density at radius 3 is 1.25 bits per heavy atom. The van der Waals surface area contributed by atoms with Crippen molar-refractivity contribution in [3.8, 4) is 0 Å². The Hall–Kier alpha value is -2.85. The second-order valence-corrected chi connectivity index (χ2v) is 5.75. The number of hydrogen-bond acceptors (Lipinski definition) is 3. The average Bonchev–Trinajstić information content (AvgIpc) is 2.57. The monoisotopic (exact) mass is 438 g/mol. The van der Waals surface area contributed by atoms with E-state index < -0.39 is 57.5 Å². The van der Waals surface area contributed by atoms with Crippen molar-refractivity contribution in [1.29, 1.82) is 0 Å². The average molecular weight is 439 g/mol. The van der Waals surface area contributed by atoms with Gasteiger partial charge in [0.05, 0.1) is 0 Å². The van der Waals surface area contributed by atoms with Crippen LogP contribution >= 0.6 is 23.2 Å². The van der Waals surface area contributed by atoms with Gasteiger partial charge < -0.3 is 5.11 Å². The maximum Gasteiger partial charge on any atom is 0.348 e. The van der Waals surface area contributed by atoms with Crippen molar-refractivity contribution in [3.05, 3.63) is 59.7 Å². The van der Waals surface area contributed by atoms with Crippen molar-refractivity contribution in [2.24, 2.45) is 0 Å². The number of carbonyl (C=O) groups is 3. The molecule has 2 aromatic rings. The van der Waals surface area contributed by atoms with Crippen LogP contribution in [-0.2, 0) is 4.79 Å². The summed E-state index contributed by atoms with van der Waals surface area (Å²) in [5.74, 6) is -7.85. The number of carboxylic acid groups (broad SMARTS) is 1. The number of nitrogens with zero attached hydrogens (tertiary/aromatic N) is 2.